The van der Waals surface area contributed by atoms with E-state index in [1.165, 1.54) is 5.38 Å². The smallest absolute Gasteiger partial charge is 0.286 e. The number of alkyl halides is 6. The molecule has 0 aliphatic heterocycles. The van der Waals surface area contributed by atoms with Crippen LogP contribution in [0, 0.1) is 5.41 Å². The fraction of sp³-hybridized carbons (Fsp3) is 0.118. The maximum Gasteiger partial charge on any atom is 0.416 e. The summed E-state index contributed by atoms with van der Waals surface area (Å²) in [5.74, 6) is 0. The molecule has 0 atom stereocenters. The Morgan fingerprint density at radius 1 is 0.852 bits per heavy atom. The van der Waals surface area contributed by atoms with Crippen molar-refractivity contribution >= 4 is 27.3 Å². The first-order chi connectivity index (χ1) is 12.5. The van der Waals surface area contributed by atoms with Crippen LogP contribution in [0.2, 0.25) is 0 Å². The van der Waals surface area contributed by atoms with E-state index in [0.29, 0.717) is 23.4 Å². The Morgan fingerprint density at radius 2 is 1.37 bits per heavy atom. The minimum atomic E-state index is -4.95. The highest BCUT2D eigenvalue weighted by Crippen LogP contribution is 2.37. The van der Waals surface area contributed by atoms with Crippen molar-refractivity contribution < 1.29 is 26.3 Å². The lowest BCUT2D eigenvalue weighted by molar-refractivity contribution is -0.143. The van der Waals surface area contributed by atoms with Gasteiger partial charge in [0.2, 0.25) is 0 Å². The lowest BCUT2D eigenvalue weighted by Crippen LogP contribution is -2.17. The zero-order chi connectivity index (χ0) is 20.0. The van der Waals surface area contributed by atoms with Crippen LogP contribution in [-0.4, -0.2) is 4.57 Å². The zero-order valence-corrected chi connectivity index (χ0v) is 15.5. The van der Waals surface area contributed by atoms with Crippen molar-refractivity contribution in [1.82, 2.24) is 4.57 Å². The molecule has 1 N–H and O–H groups in total. The van der Waals surface area contributed by atoms with Crippen LogP contribution in [0.1, 0.15) is 11.1 Å². The van der Waals surface area contributed by atoms with E-state index < -0.39 is 23.5 Å². The van der Waals surface area contributed by atoms with Crippen molar-refractivity contribution in [2.45, 2.75) is 12.4 Å². The second-order valence-corrected chi connectivity index (χ2v) is 7.31. The quantitative estimate of drug-likeness (QED) is 0.418. The molecule has 3 aromatic rings. The molecule has 1 heterocycles. The molecule has 0 amide bonds. The Morgan fingerprint density at radius 3 is 1.85 bits per heavy atom. The summed E-state index contributed by atoms with van der Waals surface area (Å²) < 4.78 is 80.6. The molecule has 0 radical (unpaired) electrons. The van der Waals surface area contributed by atoms with E-state index in [4.69, 9.17) is 5.41 Å². The van der Waals surface area contributed by atoms with Crippen LogP contribution >= 0.6 is 27.3 Å². The van der Waals surface area contributed by atoms with Crippen LogP contribution in [-0.2, 0) is 12.4 Å². The third-order valence-corrected chi connectivity index (χ3v) is 4.97. The number of aromatic nitrogens is 1. The van der Waals surface area contributed by atoms with Gasteiger partial charge < -0.3 is 0 Å². The minimum Gasteiger partial charge on any atom is -0.286 e. The van der Waals surface area contributed by atoms with E-state index in [2.05, 4.69) is 15.9 Å². The molecule has 27 heavy (non-hydrogen) atoms. The Hall–Kier alpha value is -2.07. The van der Waals surface area contributed by atoms with Crippen LogP contribution in [0.25, 0.3) is 16.9 Å². The van der Waals surface area contributed by atoms with Crippen LogP contribution < -0.4 is 4.80 Å². The first-order valence-electron chi connectivity index (χ1n) is 7.28. The fourth-order valence-electron chi connectivity index (χ4n) is 2.47. The van der Waals surface area contributed by atoms with E-state index in [1.807, 2.05) is 0 Å². The van der Waals surface area contributed by atoms with Crippen LogP contribution in [0.3, 0.4) is 0 Å². The number of benzene rings is 2. The van der Waals surface area contributed by atoms with E-state index in [0.717, 1.165) is 20.4 Å². The molecular formula is C17H9BrF6N2S. The highest BCUT2D eigenvalue weighted by Gasteiger charge is 2.37. The SMILES string of the molecule is N=c1scc(-c2ccc(Br)cc2)n1-c1cc(C(F)(F)F)cc(C(F)(F)F)c1. The molecule has 0 fully saturated rings. The van der Waals surface area contributed by atoms with Crippen LogP contribution in [0.15, 0.2) is 52.3 Å². The summed E-state index contributed by atoms with van der Waals surface area (Å²) in [6, 6.07) is 7.98. The largest absolute Gasteiger partial charge is 0.416 e. The first kappa shape index (κ1) is 19.7. The zero-order valence-electron chi connectivity index (χ0n) is 13.1. The third kappa shape index (κ3) is 4.11. The molecule has 3 rings (SSSR count). The molecule has 0 saturated carbocycles. The van der Waals surface area contributed by atoms with Gasteiger partial charge in [0.05, 0.1) is 16.8 Å². The minimum absolute atomic E-state index is 0.0688. The van der Waals surface area contributed by atoms with Gasteiger partial charge in [-0.05, 0) is 35.9 Å². The van der Waals surface area contributed by atoms with E-state index in [1.54, 1.807) is 24.3 Å². The van der Waals surface area contributed by atoms with Crippen LogP contribution in [0.4, 0.5) is 26.3 Å². The van der Waals surface area contributed by atoms with Gasteiger partial charge in [0, 0.05) is 15.5 Å². The normalized spacial score (nSPS) is 12.4. The molecule has 2 aromatic carbocycles. The van der Waals surface area contributed by atoms with E-state index in [9.17, 15) is 26.3 Å². The van der Waals surface area contributed by atoms with Gasteiger partial charge in [0.15, 0.2) is 4.80 Å². The van der Waals surface area contributed by atoms with E-state index in [-0.39, 0.29) is 16.6 Å². The number of thiazole rings is 1. The lowest BCUT2D eigenvalue weighted by Gasteiger charge is -2.16. The maximum atomic E-state index is 13.1. The highest BCUT2D eigenvalue weighted by atomic mass is 79.9. The Kier molecular flexibility index (Phi) is 4.98. The number of hydrogen-bond acceptors (Lipinski definition) is 2. The molecule has 0 aliphatic rings. The van der Waals surface area contributed by atoms with Gasteiger partial charge in [-0.1, -0.05) is 28.1 Å². The Bertz CT molecular complexity index is 999. The van der Waals surface area contributed by atoms with Crippen molar-refractivity contribution in [1.29, 1.82) is 5.41 Å². The summed E-state index contributed by atoms with van der Waals surface area (Å²) in [6.07, 6.45) is -9.90. The van der Waals surface area contributed by atoms with Gasteiger partial charge in [-0.2, -0.15) is 26.3 Å². The summed E-state index contributed by atoms with van der Waals surface area (Å²) in [5, 5.41) is 9.50. The van der Waals surface area contributed by atoms with Crippen molar-refractivity contribution in [3.05, 3.63) is 68.2 Å². The van der Waals surface area contributed by atoms with E-state index >= 15 is 0 Å². The van der Waals surface area contributed by atoms with Gasteiger partial charge >= 0.3 is 12.4 Å². The van der Waals surface area contributed by atoms with Crippen LogP contribution in [0.5, 0.6) is 0 Å². The van der Waals surface area contributed by atoms with Crippen molar-refractivity contribution in [3.63, 3.8) is 0 Å². The molecule has 10 heteroatoms. The molecule has 0 saturated heterocycles. The molecule has 142 valence electrons. The average molecular weight is 467 g/mol. The van der Waals surface area contributed by atoms with Gasteiger partial charge in [-0.3, -0.25) is 9.98 Å². The number of halogens is 7. The van der Waals surface area contributed by atoms with Crippen molar-refractivity contribution in [2.24, 2.45) is 0 Å². The number of hydrogen-bond donors (Lipinski definition) is 1. The highest BCUT2D eigenvalue weighted by molar-refractivity contribution is 9.10. The first-order valence-corrected chi connectivity index (χ1v) is 8.95. The fourth-order valence-corrected chi connectivity index (χ4v) is 3.51. The number of nitrogens with one attached hydrogen (secondary N) is 1. The standard InChI is InChI=1S/C17H9BrF6N2S/c18-12-3-1-9(2-4-12)14-8-27-15(25)26(14)13-6-10(16(19,20)21)5-11(7-13)17(22,23)24/h1-8,25H. The molecule has 0 spiro atoms. The van der Waals surface area contributed by atoms with Gasteiger partial charge in [-0.15, -0.1) is 11.3 Å². The molecule has 0 bridgehead atoms. The molecule has 1 aromatic heterocycles. The molecule has 2 nitrogen and oxygen atoms in total. The van der Waals surface area contributed by atoms with Crippen molar-refractivity contribution in [3.8, 4) is 16.9 Å². The predicted molar refractivity (Wildman–Crippen MR) is 92.6 cm³/mol. The van der Waals surface area contributed by atoms with Crippen molar-refractivity contribution in [2.75, 3.05) is 0 Å². The number of nitrogens with zero attached hydrogens (tertiary/aromatic N) is 1. The summed E-state index contributed by atoms with van der Waals surface area (Å²) in [5.41, 5.74) is -2.34. The average Bonchev–Trinajstić information content (AvgIpc) is 2.95. The second-order valence-electron chi connectivity index (χ2n) is 5.53. The summed E-state index contributed by atoms with van der Waals surface area (Å²) in [6.45, 7) is 0. The Labute approximate surface area is 161 Å². The van der Waals surface area contributed by atoms with Gasteiger partial charge in [0.25, 0.3) is 0 Å². The summed E-state index contributed by atoms with van der Waals surface area (Å²) in [7, 11) is 0. The third-order valence-electron chi connectivity index (χ3n) is 3.70. The molecule has 0 aliphatic carbocycles. The Balaban J connectivity index is 2.27. The summed E-state index contributed by atoms with van der Waals surface area (Å²) in [4.78, 5) is -0.194. The topological polar surface area (TPSA) is 28.8 Å². The molecular weight excluding hydrogens is 458 g/mol. The molecule has 0 unspecified atom stereocenters. The lowest BCUT2D eigenvalue weighted by atomic mass is 10.1. The monoisotopic (exact) mass is 466 g/mol. The summed E-state index contributed by atoms with van der Waals surface area (Å²) >= 11 is 4.17. The van der Waals surface area contributed by atoms with Gasteiger partial charge in [-0.25, -0.2) is 0 Å². The number of rotatable bonds is 2. The maximum absolute atomic E-state index is 13.1. The van der Waals surface area contributed by atoms with Gasteiger partial charge in [0.1, 0.15) is 0 Å². The second kappa shape index (κ2) is 6.83. The predicted octanol–water partition coefficient (Wildman–Crippen LogP) is 6.49.